The van der Waals surface area contributed by atoms with Crippen molar-refractivity contribution < 1.29 is 9.53 Å². The number of carbonyl (C=O) groups is 1. The number of ether oxygens (including phenoxy) is 1. The van der Waals surface area contributed by atoms with Gasteiger partial charge in [-0.05, 0) is 85.9 Å². The first-order valence-electron chi connectivity index (χ1n) is 13.5. The largest absolute Gasteiger partial charge is 0.497 e. The van der Waals surface area contributed by atoms with Gasteiger partial charge in [0.1, 0.15) is 11.6 Å². The molecule has 5 aliphatic rings. The summed E-state index contributed by atoms with van der Waals surface area (Å²) >= 11 is 0. The monoisotopic (exact) mass is 488 g/mol. The van der Waals surface area contributed by atoms with Crippen molar-refractivity contribution in [3.8, 4) is 5.75 Å². The molecule has 4 unspecified atom stereocenters. The van der Waals surface area contributed by atoms with Crippen molar-refractivity contribution in [1.29, 1.82) is 0 Å². The number of hydrogen-bond acceptors (Lipinski definition) is 7. The summed E-state index contributed by atoms with van der Waals surface area (Å²) in [7, 11) is 3.87. The van der Waals surface area contributed by atoms with Gasteiger partial charge in [-0.25, -0.2) is 10.4 Å². The average Bonchev–Trinajstić information content (AvgIpc) is 3.44. The first kappa shape index (κ1) is 22.5. The lowest BCUT2D eigenvalue weighted by Gasteiger charge is -2.34. The Balaban J connectivity index is 1.03. The third-order valence-electron chi connectivity index (χ3n) is 9.70. The van der Waals surface area contributed by atoms with Gasteiger partial charge in [0.25, 0.3) is 0 Å². The summed E-state index contributed by atoms with van der Waals surface area (Å²) < 4.78 is 5.47. The number of benzene rings is 1. The molecule has 4 fully saturated rings. The van der Waals surface area contributed by atoms with Crippen molar-refractivity contribution in [2.45, 2.75) is 43.2 Å². The molecule has 0 radical (unpaired) electrons. The number of hydrogen-bond donors (Lipinski definition) is 3. The number of likely N-dealkylation sites (N-methyl/N-ethyl adjacent to an activating group) is 1. The molecule has 1 amide bonds. The van der Waals surface area contributed by atoms with Gasteiger partial charge in [-0.2, -0.15) is 0 Å². The van der Waals surface area contributed by atoms with Crippen LogP contribution in [-0.2, 0) is 10.2 Å². The molecule has 3 aliphatic heterocycles. The normalized spacial score (nSPS) is 35.4. The Morgan fingerprint density at radius 2 is 1.94 bits per heavy atom. The minimum Gasteiger partial charge on any atom is -0.497 e. The van der Waals surface area contributed by atoms with Gasteiger partial charge in [-0.1, -0.05) is 6.07 Å². The maximum absolute atomic E-state index is 13.1. The summed E-state index contributed by atoms with van der Waals surface area (Å²) in [5, 5.41) is 3.14. The lowest BCUT2D eigenvalue weighted by atomic mass is 9.72. The molecular formula is C28H36N6O2. The first-order chi connectivity index (χ1) is 17.6. The molecule has 36 heavy (non-hydrogen) atoms. The maximum Gasteiger partial charge on any atom is 0.235 e. The summed E-state index contributed by atoms with van der Waals surface area (Å²) in [6.45, 7) is 4.25. The van der Waals surface area contributed by atoms with Crippen LogP contribution in [0.2, 0.25) is 0 Å². The second kappa shape index (κ2) is 8.43. The summed E-state index contributed by atoms with van der Waals surface area (Å²) in [6.07, 6.45) is 6.48. The molecule has 2 aliphatic carbocycles. The van der Waals surface area contributed by atoms with Gasteiger partial charge in [0, 0.05) is 44.1 Å². The molecule has 190 valence electrons. The highest BCUT2D eigenvalue weighted by Crippen LogP contribution is 2.65. The van der Waals surface area contributed by atoms with Gasteiger partial charge < -0.3 is 19.9 Å². The van der Waals surface area contributed by atoms with E-state index in [1.54, 1.807) is 7.11 Å². The van der Waals surface area contributed by atoms with Crippen LogP contribution in [0.4, 0.5) is 11.5 Å². The van der Waals surface area contributed by atoms with E-state index in [9.17, 15) is 4.79 Å². The Hall–Kier alpha value is -2.68. The number of hydrazine groups is 1. The van der Waals surface area contributed by atoms with E-state index < -0.39 is 0 Å². The van der Waals surface area contributed by atoms with Crippen molar-refractivity contribution in [1.82, 2.24) is 20.7 Å². The number of aromatic nitrogens is 1. The number of methoxy groups -OCH3 is 1. The number of anilines is 2. The molecular weight excluding hydrogens is 452 g/mol. The van der Waals surface area contributed by atoms with Gasteiger partial charge >= 0.3 is 0 Å². The van der Waals surface area contributed by atoms with Crippen LogP contribution in [-0.4, -0.2) is 62.2 Å². The number of nitrogens with one attached hydrogen (secondary N) is 3. The first-order valence-corrected chi connectivity index (χ1v) is 13.5. The summed E-state index contributed by atoms with van der Waals surface area (Å²) in [5.41, 5.74) is 10.2. The third kappa shape index (κ3) is 3.45. The zero-order valence-corrected chi connectivity index (χ0v) is 21.2. The Labute approximate surface area is 212 Å². The molecule has 6 atom stereocenters. The van der Waals surface area contributed by atoms with E-state index >= 15 is 0 Å². The van der Waals surface area contributed by atoms with E-state index in [0.717, 1.165) is 61.8 Å². The molecule has 0 bridgehead atoms. The number of pyridine rings is 1. The molecule has 4 heterocycles. The van der Waals surface area contributed by atoms with Crippen LogP contribution < -0.4 is 25.8 Å². The number of rotatable bonds is 4. The Kier molecular flexibility index (Phi) is 5.27. The van der Waals surface area contributed by atoms with E-state index in [1.165, 1.54) is 18.4 Å². The zero-order valence-electron chi connectivity index (χ0n) is 21.2. The predicted octanol–water partition coefficient (Wildman–Crippen LogP) is 2.69. The highest BCUT2D eigenvalue weighted by Gasteiger charge is 2.67. The zero-order chi connectivity index (χ0) is 24.4. The molecule has 2 aromatic rings. The Bertz CT molecular complexity index is 1160. The SMILES string of the molecule is COc1ccc2c(c1)[C@]1(C[C@H]1C1CCC3C(C1)NNC3c1ccc(N3CCN(C)CC3)nc1)C(=O)N2. The van der Waals surface area contributed by atoms with Crippen LogP contribution in [0.1, 0.15) is 42.9 Å². The van der Waals surface area contributed by atoms with Crippen molar-refractivity contribution >= 4 is 17.4 Å². The lowest BCUT2D eigenvalue weighted by molar-refractivity contribution is -0.118. The minimum absolute atomic E-state index is 0.180. The topological polar surface area (TPSA) is 81.8 Å². The van der Waals surface area contributed by atoms with Crippen LogP contribution in [0.25, 0.3) is 0 Å². The van der Waals surface area contributed by atoms with E-state index in [1.807, 2.05) is 12.1 Å². The number of nitrogens with zero attached hydrogens (tertiary/aromatic N) is 3. The molecule has 8 heteroatoms. The highest BCUT2D eigenvalue weighted by molar-refractivity contribution is 6.09. The van der Waals surface area contributed by atoms with Crippen LogP contribution in [0.15, 0.2) is 36.5 Å². The lowest BCUT2D eigenvalue weighted by Crippen LogP contribution is -2.44. The number of piperazine rings is 1. The van der Waals surface area contributed by atoms with E-state index in [2.05, 4.69) is 57.4 Å². The van der Waals surface area contributed by atoms with Crippen molar-refractivity contribution in [3.63, 3.8) is 0 Å². The van der Waals surface area contributed by atoms with Crippen molar-refractivity contribution in [2.75, 3.05) is 50.6 Å². The molecule has 8 nitrogen and oxygen atoms in total. The second-order valence-corrected chi connectivity index (χ2v) is 11.5. The molecule has 1 spiro atoms. The van der Waals surface area contributed by atoms with Crippen LogP contribution in [0.3, 0.4) is 0 Å². The third-order valence-corrected chi connectivity index (χ3v) is 9.70. The van der Waals surface area contributed by atoms with Gasteiger partial charge in [-0.3, -0.25) is 10.2 Å². The molecule has 1 aromatic carbocycles. The Morgan fingerprint density at radius 3 is 2.72 bits per heavy atom. The smallest absolute Gasteiger partial charge is 0.235 e. The van der Waals surface area contributed by atoms with Gasteiger partial charge in [-0.15, -0.1) is 0 Å². The molecule has 1 aromatic heterocycles. The van der Waals surface area contributed by atoms with E-state index in [-0.39, 0.29) is 17.4 Å². The van der Waals surface area contributed by atoms with Crippen molar-refractivity contribution in [2.24, 2.45) is 17.8 Å². The second-order valence-electron chi connectivity index (χ2n) is 11.5. The molecule has 2 saturated heterocycles. The Morgan fingerprint density at radius 1 is 1.08 bits per heavy atom. The fourth-order valence-electron chi connectivity index (χ4n) is 7.51. The maximum atomic E-state index is 13.1. The van der Waals surface area contributed by atoms with Crippen LogP contribution >= 0.6 is 0 Å². The average molecular weight is 489 g/mol. The molecule has 3 N–H and O–H groups in total. The van der Waals surface area contributed by atoms with Crippen LogP contribution in [0.5, 0.6) is 5.75 Å². The van der Waals surface area contributed by atoms with Gasteiger partial charge in [0.05, 0.1) is 18.6 Å². The number of carbonyl (C=O) groups excluding carboxylic acids is 1. The fraction of sp³-hybridized carbons (Fsp3) is 0.571. The molecule has 2 saturated carbocycles. The highest BCUT2D eigenvalue weighted by atomic mass is 16.5. The fourth-order valence-corrected chi connectivity index (χ4v) is 7.51. The summed E-state index contributed by atoms with van der Waals surface area (Å²) in [6, 6.07) is 11.2. The summed E-state index contributed by atoms with van der Waals surface area (Å²) in [5.74, 6) is 3.62. The van der Waals surface area contributed by atoms with Crippen LogP contribution in [0, 0.1) is 17.8 Å². The number of amides is 1. The predicted molar refractivity (Wildman–Crippen MR) is 139 cm³/mol. The molecule has 7 rings (SSSR count). The minimum atomic E-state index is -0.351. The van der Waals surface area contributed by atoms with E-state index in [0.29, 0.717) is 23.8 Å². The number of fused-ring (bicyclic) bond motifs is 3. The van der Waals surface area contributed by atoms with Gasteiger partial charge in [0.2, 0.25) is 5.91 Å². The van der Waals surface area contributed by atoms with Crippen molar-refractivity contribution in [3.05, 3.63) is 47.7 Å². The summed E-state index contributed by atoms with van der Waals surface area (Å²) in [4.78, 5) is 22.7. The van der Waals surface area contributed by atoms with Gasteiger partial charge in [0.15, 0.2) is 0 Å². The van der Waals surface area contributed by atoms with E-state index in [4.69, 9.17) is 9.72 Å². The quantitative estimate of drug-likeness (QED) is 0.611. The standard InChI is InChI=1S/C28H36N6O2/c1-33-9-11-34(12-10-33)25-8-4-18(16-29-25)26-20-6-3-17(13-24(20)31-32-26)22-15-28(22)21-14-19(36-2)5-7-23(21)30-27(28)35/h4-5,7-8,14,16-17,20,22,24,26,31-32H,3,6,9-13,15H2,1-2H3,(H,30,35)/t17?,20?,22-,24?,26?,28-/m0/s1.